The Balaban J connectivity index is 2.00. The van der Waals surface area contributed by atoms with Crippen LogP contribution in [0.15, 0.2) is 18.3 Å². The van der Waals surface area contributed by atoms with Crippen LogP contribution >= 0.6 is 15.9 Å². The van der Waals surface area contributed by atoms with Crippen LogP contribution in [0.4, 0.5) is 5.82 Å². The van der Waals surface area contributed by atoms with Crippen molar-refractivity contribution in [3.05, 3.63) is 23.9 Å². The fraction of sp³-hybridized carbons (Fsp3) is 0.538. The molecule has 0 aliphatic heterocycles. The topological polar surface area (TPSA) is 42.0 Å². The van der Waals surface area contributed by atoms with Gasteiger partial charge in [-0.2, -0.15) is 0 Å². The first-order chi connectivity index (χ1) is 8.16. The van der Waals surface area contributed by atoms with Crippen molar-refractivity contribution in [3.8, 4) is 0 Å². The molecule has 1 atom stereocenters. The standard InChI is InChI=1S/C13H17BrN2O/c1-9(14)13(17)16-12-7-6-11(8-15-12)10-4-2-3-5-10/h6-10H,2-5H2,1H3,(H,15,16,17). The van der Waals surface area contributed by atoms with Crippen LogP contribution in [0.5, 0.6) is 0 Å². The SMILES string of the molecule is CC(Br)C(=O)Nc1ccc(C2CCCC2)cn1. The van der Waals surface area contributed by atoms with Crippen molar-refractivity contribution in [3.63, 3.8) is 0 Å². The van der Waals surface area contributed by atoms with E-state index in [0.717, 1.165) is 0 Å². The molecule has 4 heteroatoms. The number of nitrogens with zero attached hydrogens (tertiary/aromatic N) is 1. The quantitative estimate of drug-likeness (QED) is 0.868. The zero-order valence-electron chi connectivity index (χ0n) is 9.95. The Kier molecular flexibility index (Phi) is 4.15. The van der Waals surface area contributed by atoms with Crippen molar-refractivity contribution in [1.29, 1.82) is 0 Å². The second kappa shape index (κ2) is 5.63. The molecule has 0 radical (unpaired) electrons. The van der Waals surface area contributed by atoms with Crippen molar-refractivity contribution in [2.24, 2.45) is 0 Å². The monoisotopic (exact) mass is 296 g/mol. The van der Waals surface area contributed by atoms with Crippen LogP contribution in [0.1, 0.15) is 44.1 Å². The number of halogens is 1. The van der Waals surface area contributed by atoms with E-state index in [4.69, 9.17) is 0 Å². The number of aromatic nitrogens is 1. The molecule has 1 saturated carbocycles. The van der Waals surface area contributed by atoms with Crippen molar-refractivity contribution in [2.45, 2.75) is 43.4 Å². The zero-order valence-corrected chi connectivity index (χ0v) is 11.5. The summed E-state index contributed by atoms with van der Waals surface area (Å²) >= 11 is 3.23. The number of amides is 1. The predicted molar refractivity (Wildman–Crippen MR) is 72.5 cm³/mol. The van der Waals surface area contributed by atoms with Crippen LogP contribution < -0.4 is 5.32 Å². The zero-order chi connectivity index (χ0) is 12.3. The van der Waals surface area contributed by atoms with Gasteiger partial charge in [0.1, 0.15) is 5.82 Å². The lowest BCUT2D eigenvalue weighted by atomic mass is 10.00. The number of hydrogen-bond acceptors (Lipinski definition) is 2. The van der Waals surface area contributed by atoms with Gasteiger partial charge >= 0.3 is 0 Å². The van der Waals surface area contributed by atoms with Gasteiger partial charge in [0.05, 0.1) is 4.83 Å². The van der Waals surface area contributed by atoms with Gasteiger partial charge in [0.2, 0.25) is 5.91 Å². The minimum absolute atomic E-state index is 0.0638. The maximum atomic E-state index is 11.5. The van der Waals surface area contributed by atoms with Crippen molar-refractivity contribution in [1.82, 2.24) is 4.98 Å². The van der Waals surface area contributed by atoms with Crippen molar-refractivity contribution < 1.29 is 4.79 Å². The minimum Gasteiger partial charge on any atom is -0.310 e. The molecule has 1 aromatic rings. The van der Waals surface area contributed by atoms with E-state index in [0.29, 0.717) is 11.7 Å². The van der Waals surface area contributed by atoms with Crippen molar-refractivity contribution in [2.75, 3.05) is 5.32 Å². The maximum Gasteiger partial charge on any atom is 0.239 e. The van der Waals surface area contributed by atoms with E-state index in [2.05, 4.69) is 32.3 Å². The summed E-state index contributed by atoms with van der Waals surface area (Å²) in [5.41, 5.74) is 1.30. The fourth-order valence-electron chi connectivity index (χ4n) is 2.21. The molecule has 0 bridgehead atoms. The van der Waals surface area contributed by atoms with E-state index in [-0.39, 0.29) is 10.7 Å². The molecule has 0 spiro atoms. The molecular weight excluding hydrogens is 280 g/mol. The lowest BCUT2D eigenvalue weighted by Gasteiger charge is -2.10. The highest BCUT2D eigenvalue weighted by Crippen LogP contribution is 2.33. The molecule has 1 amide bonds. The van der Waals surface area contributed by atoms with Gasteiger partial charge in [-0.3, -0.25) is 4.79 Å². The van der Waals surface area contributed by atoms with Gasteiger partial charge in [0, 0.05) is 6.20 Å². The summed E-state index contributed by atoms with van der Waals surface area (Å²) < 4.78 is 0. The van der Waals surface area contributed by atoms with Crippen LogP contribution in [0.3, 0.4) is 0 Å². The Morgan fingerprint density at radius 3 is 2.71 bits per heavy atom. The number of carbonyl (C=O) groups excluding carboxylic acids is 1. The number of rotatable bonds is 3. The Bertz CT molecular complexity index is 383. The summed E-state index contributed by atoms with van der Waals surface area (Å²) in [5.74, 6) is 1.23. The van der Waals surface area contributed by atoms with Gasteiger partial charge in [-0.05, 0) is 37.3 Å². The second-order valence-corrected chi connectivity index (χ2v) is 5.94. The average Bonchev–Trinajstić information content (AvgIpc) is 2.83. The maximum absolute atomic E-state index is 11.5. The van der Waals surface area contributed by atoms with Crippen LogP contribution in [0.2, 0.25) is 0 Å². The smallest absolute Gasteiger partial charge is 0.239 e. The molecular formula is C13H17BrN2O. The minimum atomic E-state index is -0.196. The van der Waals surface area contributed by atoms with Crippen LogP contribution in [-0.2, 0) is 4.79 Å². The molecule has 1 fully saturated rings. The molecule has 1 aliphatic rings. The van der Waals surface area contributed by atoms with Gasteiger partial charge in [-0.15, -0.1) is 0 Å². The Morgan fingerprint density at radius 2 is 2.18 bits per heavy atom. The van der Waals surface area contributed by atoms with Gasteiger partial charge in [-0.25, -0.2) is 4.98 Å². The third-order valence-corrected chi connectivity index (χ3v) is 3.64. The molecule has 1 unspecified atom stereocenters. The molecule has 2 rings (SSSR count). The lowest BCUT2D eigenvalue weighted by Crippen LogP contribution is -2.20. The third-order valence-electron chi connectivity index (χ3n) is 3.23. The Labute approximate surface area is 110 Å². The van der Waals surface area contributed by atoms with E-state index in [9.17, 15) is 4.79 Å². The summed E-state index contributed by atoms with van der Waals surface area (Å²) in [6, 6.07) is 3.97. The first kappa shape index (κ1) is 12.6. The Morgan fingerprint density at radius 1 is 1.47 bits per heavy atom. The number of hydrogen-bond donors (Lipinski definition) is 1. The summed E-state index contributed by atoms with van der Waals surface area (Å²) in [7, 11) is 0. The van der Waals surface area contributed by atoms with Gasteiger partial charge in [-0.1, -0.05) is 34.8 Å². The second-order valence-electron chi connectivity index (χ2n) is 4.56. The highest BCUT2D eigenvalue weighted by atomic mass is 79.9. The van der Waals surface area contributed by atoms with E-state index < -0.39 is 0 Å². The van der Waals surface area contributed by atoms with Crippen LogP contribution in [0.25, 0.3) is 0 Å². The average molecular weight is 297 g/mol. The molecule has 3 nitrogen and oxygen atoms in total. The molecule has 0 saturated heterocycles. The summed E-state index contributed by atoms with van der Waals surface area (Å²) in [4.78, 5) is 15.6. The summed E-state index contributed by atoms with van der Waals surface area (Å²) in [6.07, 6.45) is 7.08. The van der Waals surface area contributed by atoms with Crippen molar-refractivity contribution >= 4 is 27.7 Å². The molecule has 1 aliphatic carbocycles. The highest BCUT2D eigenvalue weighted by molar-refractivity contribution is 9.10. The summed E-state index contributed by atoms with van der Waals surface area (Å²) in [5, 5.41) is 2.76. The molecule has 92 valence electrons. The fourth-order valence-corrected chi connectivity index (χ4v) is 2.32. The van der Waals surface area contributed by atoms with E-state index in [1.165, 1.54) is 31.2 Å². The van der Waals surface area contributed by atoms with Crippen LogP contribution in [0, 0.1) is 0 Å². The van der Waals surface area contributed by atoms with Gasteiger partial charge in [0.15, 0.2) is 0 Å². The predicted octanol–water partition coefficient (Wildman–Crippen LogP) is 3.46. The highest BCUT2D eigenvalue weighted by Gasteiger charge is 2.17. The van der Waals surface area contributed by atoms with Gasteiger partial charge in [0.25, 0.3) is 0 Å². The number of nitrogens with one attached hydrogen (secondary N) is 1. The van der Waals surface area contributed by atoms with Gasteiger partial charge < -0.3 is 5.32 Å². The molecule has 17 heavy (non-hydrogen) atoms. The van der Waals surface area contributed by atoms with E-state index >= 15 is 0 Å². The molecule has 1 N–H and O–H groups in total. The summed E-state index contributed by atoms with van der Waals surface area (Å²) in [6.45, 7) is 1.79. The molecule has 1 heterocycles. The molecule has 0 aromatic carbocycles. The largest absolute Gasteiger partial charge is 0.310 e. The van der Waals surface area contributed by atoms with E-state index in [1.54, 1.807) is 6.92 Å². The lowest BCUT2D eigenvalue weighted by molar-refractivity contribution is -0.115. The first-order valence-corrected chi connectivity index (χ1v) is 6.99. The third kappa shape index (κ3) is 3.28. The first-order valence-electron chi connectivity index (χ1n) is 6.07. The normalized spacial score (nSPS) is 18.0. The number of pyridine rings is 1. The number of alkyl halides is 1. The molecule has 1 aromatic heterocycles. The van der Waals surface area contributed by atoms with Crippen LogP contribution in [-0.4, -0.2) is 15.7 Å². The van der Waals surface area contributed by atoms with E-state index in [1.807, 2.05) is 12.3 Å². The Hall–Kier alpha value is -0.900. The number of anilines is 1. The number of carbonyl (C=O) groups is 1.